The second-order valence-corrected chi connectivity index (χ2v) is 7.96. The number of nitrogens with zero attached hydrogens (tertiary/aromatic N) is 3. The summed E-state index contributed by atoms with van der Waals surface area (Å²) in [5.41, 5.74) is 0. The number of hydrogen-bond acceptors (Lipinski definition) is 13. The fraction of sp³-hybridized carbons (Fsp3) is 0.800. The third-order valence-electron chi connectivity index (χ3n) is 3.90. The van der Waals surface area contributed by atoms with Crippen LogP contribution < -0.4 is 53.2 Å². The van der Waals surface area contributed by atoms with Crippen molar-refractivity contribution in [2.45, 2.75) is 19.4 Å². The summed E-state index contributed by atoms with van der Waals surface area (Å²) in [6, 6.07) is 0. The Labute approximate surface area is 212 Å². The minimum atomic E-state index is -4.94. The van der Waals surface area contributed by atoms with Crippen LogP contribution in [0.4, 0.5) is 0 Å². The third-order valence-corrected chi connectivity index (χ3v) is 3.90. The van der Waals surface area contributed by atoms with Crippen LogP contribution in [0.15, 0.2) is 12.4 Å². The molecule has 1 aliphatic rings. The Morgan fingerprint density at radius 3 is 1.65 bits per heavy atom. The van der Waals surface area contributed by atoms with Gasteiger partial charge in [-0.2, -0.15) is 0 Å². The zero-order valence-corrected chi connectivity index (χ0v) is 21.1. The molecule has 0 aromatic carbocycles. The van der Waals surface area contributed by atoms with Crippen molar-refractivity contribution >= 4 is 0 Å². The van der Waals surface area contributed by atoms with Crippen molar-refractivity contribution in [3.05, 3.63) is 18.2 Å². The van der Waals surface area contributed by atoms with E-state index in [-0.39, 0.29) is 27.4 Å². The summed E-state index contributed by atoms with van der Waals surface area (Å²) in [6.45, 7) is 9.61. The van der Waals surface area contributed by atoms with Crippen molar-refractivity contribution in [2.24, 2.45) is 7.05 Å². The van der Waals surface area contributed by atoms with E-state index in [1.165, 1.54) is 12.8 Å². The average Bonchev–Trinajstić information content (AvgIpc) is 3.00. The zero-order chi connectivity index (χ0) is 23.8. The van der Waals surface area contributed by atoms with Crippen LogP contribution >= 0.6 is 0 Å². The van der Waals surface area contributed by atoms with Crippen LogP contribution in [0.25, 0.3) is 0 Å². The molecule has 2 rings (SSSR count). The molecular weight excluding hydrogens is 554 g/mol. The van der Waals surface area contributed by atoms with Crippen molar-refractivity contribution in [3.63, 3.8) is 0 Å². The van der Waals surface area contributed by atoms with Gasteiger partial charge in [0.15, 0.2) is 0 Å². The van der Waals surface area contributed by atoms with E-state index in [1.54, 1.807) is 0 Å². The third kappa shape index (κ3) is 33.9. The second kappa shape index (κ2) is 23.1. The van der Waals surface area contributed by atoms with Gasteiger partial charge in [0.2, 0.25) is 0 Å². The fourth-order valence-corrected chi connectivity index (χ4v) is 2.57. The van der Waals surface area contributed by atoms with Gasteiger partial charge in [-0.1, -0.05) is 0 Å². The van der Waals surface area contributed by atoms with Gasteiger partial charge in [-0.05, 0) is 39.0 Å². The van der Waals surface area contributed by atoms with Crippen LogP contribution in [-0.4, -0.2) is 77.8 Å². The molecule has 1 fully saturated rings. The van der Waals surface area contributed by atoms with Crippen LogP contribution in [0.3, 0.4) is 0 Å². The Hall–Kier alpha value is -0.276. The minimum Gasteiger partial charge on any atom is -0.412 e. The molecule has 16 nitrogen and oxygen atoms in total. The summed E-state index contributed by atoms with van der Waals surface area (Å²) >= 11 is 0. The molecule has 19 heteroatoms. The quantitative estimate of drug-likeness (QED) is 0.271. The molecule has 2 heterocycles. The van der Waals surface area contributed by atoms with Crippen LogP contribution in [0.5, 0.6) is 0 Å². The monoisotopic (exact) mass is 586 g/mol. The first kappa shape index (κ1) is 40.9. The van der Waals surface area contributed by atoms with Gasteiger partial charge in [0.25, 0.3) is 0 Å². The molecule has 0 unspecified atom stereocenters. The normalized spacial score (nSPS) is 16.5. The van der Waals surface area contributed by atoms with Gasteiger partial charge in [0.05, 0.1) is 6.54 Å². The van der Waals surface area contributed by atoms with Crippen LogP contribution in [0.2, 0.25) is 0 Å². The molecule has 0 bridgehead atoms. The number of aryl methyl sites for hydroxylation is 1. The molecule has 0 atom stereocenters. The largest absolute Gasteiger partial charge is 2.00 e. The van der Waals surface area contributed by atoms with E-state index >= 15 is 0 Å². The molecule has 0 amide bonds. The minimum absolute atomic E-state index is 0. The summed E-state index contributed by atoms with van der Waals surface area (Å²) in [7, 11) is -7.82. The van der Waals surface area contributed by atoms with Crippen LogP contribution in [-0.2, 0) is 30.1 Å². The van der Waals surface area contributed by atoms with Gasteiger partial charge < -0.3 is 31.5 Å². The van der Waals surface area contributed by atoms with E-state index in [4.69, 9.17) is 37.3 Å². The van der Waals surface area contributed by atoms with Crippen molar-refractivity contribution in [1.29, 1.82) is 0 Å². The summed E-state index contributed by atoms with van der Waals surface area (Å²) in [6.07, 6.45) is 6.28. The van der Waals surface area contributed by atoms with Crippen molar-refractivity contribution < 1.29 is 85.2 Å². The Kier molecular flexibility index (Phi) is 27.8. The van der Waals surface area contributed by atoms with E-state index in [0.29, 0.717) is 0 Å². The van der Waals surface area contributed by atoms with Crippen LogP contribution in [0.1, 0.15) is 18.7 Å². The standard InChI is InChI=1S/C15H30N6.2ClHO4.Ni.2H2O/c1-20-12-10-19-15(20)14-21-11-3-6-17-8-7-16-4-2-5-18-9-13-21;2*2-1(3,4)5;;;/h10,12,16-18H,2-9,11,13-14H2,1H3;2*(H,2,3,4,5);;2*1H2/q;;;+2;;/p-2. The first-order valence-corrected chi connectivity index (χ1v) is 11.9. The van der Waals surface area contributed by atoms with Crippen molar-refractivity contribution in [2.75, 3.05) is 52.4 Å². The van der Waals surface area contributed by atoms with Gasteiger partial charge in [0.1, 0.15) is 5.82 Å². The maximum atomic E-state index is 8.49. The topological polar surface area (TPSA) is 305 Å². The Bertz CT molecular complexity index is 531. The molecule has 208 valence electrons. The van der Waals surface area contributed by atoms with E-state index < -0.39 is 20.5 Å². The van der Waals surface area contributed by atoms with Crippen molar-refractivity contribution in [1.82, 2.24) is 30.4 Å². The van der Waals surface area contributed by atoms with Gasteiger partial charge in [-0.15, -0.1) is 20.5 Å². The summed E-state index contributed by atoms with van der Waals surface area (Å²) in [5.74, 6) is 1.15. The Morgan fingerprint density at radius 2 is 1.21 bits per heavy atom. The predicted molar refractivity (Wildman–Crippen MR) is 93.6 cm³/mol. The van der Waals surface area contributed by atoms with E-state index in [2.05, 4.69) is 37.4 Å². The molecule has 0 aliphatic carbocycles. The first-order valence-electron chi connectivity index (χ1n) is 9.40. The summed E-state index contributed by atoms with van der Waals surface area (Å²) < 4.78 is 70.1. The molecule has 1 aromatic heterocycles. The van der Waals surface area contributed by atoms with Gasteiger partial charge in [-0.25, -0.2) is 42.3 Å². The first-order chi connectivity index (χ1) is 14.4. The van der Waals surface area contributed by atoms with Crippen molar-refractivity contribution in [3.8, 4) is 0 Å². The van der Waals surface area contributed by atoms with Crippen LogP contribution in [0, 0.1) is 20.5 Å². The molecule has 0 saturated carbocycles. The van der Waals surface area contributed by atoms with Gasteiger partial charge >= 0.3 is 16.5 Å². The molecule has 34 heavy (non-hydrogen) atoms. The number of hydrogen-bond donors (Lipinski definition) is 3. The maximum Gasteiger partial charge on any atom is 2.00 e. The van der Waals surface area contributed by atoms with Gasteiger partial charge in [-0.3, -0.25) is 4.90 Å². The number of nitrogens with one attached hydrogen (secondary N) is 3. The van der Waals surface area contributed by atoms with Gasteiger partial charge in [0, 0.05) is 45.6 Å². The summed E-state index contributed by atoms with van der Waals surface area (Å²) in [5, 5.41) is 10.5. The Balaban J connectivity index is -0.000000295. The molecule has 0 spiro atoms. The Morgan fingerprint density at radius 1 is 0.765 bits per heavy atom. The molecule has 1 aromatic rings. The zero-order valence-electron chi connectivity index (χ0n) is 18.6. The summed E-state index contributed by atoms with van der Waals surface area (Å²) in [4.78, 5) is 6.94. The predicted octanol–water partition coefficient (Wildman–Crippen LogP) is -11.4. The molecule has 0 radical (unpaired) electrons. The molecular formula is C15H34Cl2N6NiO10. The van der Waals surface area contributed by atoms with E-state index in [9.17, 15) is 0 Å². The molecule has 7 N–H and O–H groups in total. The number of aromatic nitrogens is 2. The second-order valence-electron chi connectivity index (χ2n) is 6.44. The maximum absolute atomic E-state index is 8.49. The SMILES string of the molecule is Cn1ccnc1CN1CCCNCCNCCCNCC1.O.O.[Ni+2].[O-][Cl+3]([O-])([O-])[O-].[O-][Cl+3]([O-])([O-])[O-]. The number of rotatable bonds is 2. The molecule has 1 aliphatic heterocycles. The number of imidazole rings is 1. The molecule has 1 saturated heterocycles. The number of halogens is 2. The fourth-order valence-electron chi connectivity index (χ4n) is 2.57. The van der Waals surface area contributed by atoms with E-state index in [1.807, 2.05) is 12.4 Å². The average molecular weight is 588 g/mol. The smallest absolute Gasteiger partial charge is 0.412 e. The van der Waals surface area contributed by atoms with E-state index in [0.717, 1.165) is 64.7 Å².